The second-order valence-electron chi connectivity index (χ2n) is 2.60. The Labute approximate surface area is 67.0 Å². The molecule has 0 aliphatic rings. The normalized spacial score (nSPS) is 9.60. The van der Waals surface area contributed by atoms with E-state index in [0.717, 1.165) is 0 Å². The maximum absolute atomic E-state index is 10.5. The van der Waals surface area contributed by atoms with Crippen molar-refractivity contribution in [3.63, 3.8) is 0 Å². The number of hydrogen-bond donors (Lipinski definition) is 1. The lowest BCUT2D eigenvalue weighted by atomic mass is 10.3. The Morgan fingerprint density at radius 3 is 2.40 bits per heavy atom. The summed E-state index contributed by atoms with van der Waals surface area (Å²) in [4.78, 5) is 11.1. The number of carbonyl (C=O) groups excluding carboxylic acids is 1. The molecule has 0 atom stereocenters. The smallest absolute Gasteiger partial charge is 0.136 e. The predicted molar refractivity (Wildman–Crippen MR) is 46.2 cm³/mol. The highest BCUT2D eigenvalue weighted by molar-refractivity contribution is 7.80. The first-order valence-electron chi connectivity index (χ1n) is 3.31. The zero-order valence-electron chi connectivity index (χ0n) is 6.60. The van der Waals surface area contributed by atoms with E-state index in [0.29, 0.717) is 17.5 Å². The zero-order valence-corrected chi connectivity index (χ0v) is 7.42. The standard InChI is InChI=1S/C7H13NOS/c1-5(2)8-7(10)4-6(3)9/h5H,4H2,1-3H3,(H,8,10). The third kappa shape index (κ3) is 5.69. The van der Waals surface area contributed by atoms with Crippen LogP contribution in [0.15, 0.2) is 0 Å². The van der Waals surface area contributed by atoms with Gasteiger partial charge < -0.3 is 5.32 Å². The second-order valence-corrected chi connectivity index (χ2v) is 3.09. The van der Waals surface area contributed by atoms with Gasteiger partial charge in [0, 0.05) is 6.04 Å². The molecule has 0 saturated heterocycles. The summed E-state index contributed by atoms with van der Waals surface area (Å²) in [5.41, 5.74) is 0. The summed E-state index contributed by atoms with van der Waals surface area (Å²) in [7, 11) is 0. The van der Waals surface area contributed by atoms with Crippen molar-refractivity contribution in [2.75, 3.05) is 0 Å². The summed E-state index contributed by atoms with van der Waals surface area (Å²) < 4.78 is 0. The largest absolute Gasteiger partial charge is 0.377 e. The lowest BCUT2D eigenvalue weighted by molar-refractivity contribution is -0.115. The number of Topliss-reactive ketones (excluding diaryl/α,β-unsaturated/α-hetero) is 1. The van der Waals surface area contributed by atoms with E-state index in [1.807, 2.05) is 13.8 Å². The first-order chi connectivity index (χ1) is 4.52. The number of rotatable bonds is 3. The van der Waals surface area contributed by atoms with E-state index in [2.05, 4.69) is 5.32 Å². The van der Waals surface area contributed by atoms with Crippen molar-refractivity contribution in [1.82, 2.24) is 5.32 Å². The minimum absolute atomic E-state index is 0.109. The van der Waals surface area contributed by atoms with Crippen LogP contribution in [-0.2, 0) is 4.79 Å². The van der Waals surface area contributed by atoms with Gasteiger partial charge in [-0.2, -0.15) is 0 Å². The molecule has 3 heteroatoms. The molecular weight excluding hydrogens is 146 g/mol. The Bertz CT molecular complexity index is 143. The highest BCUT2D eigenvalue weighted by Gasteiger charge is 2.00. The highest BCUT2D eigenvalue weighted by atomic mass is 32.1. The number of ketones is 1. The molecule has 0 aliphatic carbocycles. The van der Waals surface area contributed by atoms with Gasteiger partial charge in [-0.15, -0.1) is 0 Å². The van der Waals surface area contributed by atoms with Crippen LogP contribution in [0.25, 0.3) is 0 Å². The van der Waals surface area contributed by atoms with Gasteiger partial charge in [-0.3, -0.25) is 4.79 Å². The van der Waals surface area contributed by atoms with Crippen molar-refractivity contribution in [3.05, 3.63) is 0 Å². The molecule has 0 aromatic rings. The van der Waals surface area contributed by atoms with Crippen LogP contribution in [0, 0.1) is 0 Å². The molecule has 0 spiro atoms. The van der Waals surface area contributed by atoms with Crippen molar-refractivity contribution in [2.24, 2.45) is 0 Å². The van der Waals surface area contributed by atoms with E-state index >= 15 is 0 Å². The van der Waals surface area contributed by atoms with Crippen molar-refractivity contribution in [1.29, 1.82) is 0 Å². The van der Waals surface area contributed by atoms with E-state index in [1.54, 1.807) is 0 Å². The predicted octanol–water partition coefficient (Wildman–Crippen LogP) is 1.29. The van der Waals surface area contributed by atoms with E-state index in [9.17, 15) is 4.79 Å². The van der Waals surface area contributed by atoms with Crippen LogP contribution in [0.5, 0.6) is 0 Å². The molecule has 0 bridgehead atoms. The second kappa shape index (κ2) is 4.39. The summed E-state index contributed by atoms with van der Waals surface area (Å²) >= 11 is 4.87. The van der Waals surface area contributed by atoms with Crippen LogP contribution < -0.4 is 5.32 Å². The van der Waals surface area contributed by atoms with Crippen LogP contribution in [0.3, 0.4) is 0 Å². The number of thiocarbonyl (C=S) groups is 1. The van der Waals surface area contributed by atoms with Crippen molar-refractivity contribution >= 4 is 23.0 Å². The highest BCUT2D eigenvalue weighted by Crippen LogP contribution is 1.87. The molecular formula is C7H13NOS. The molecule has 0 rings (SSSR count). The van der Waals surface area contributed by atoms with Crippen molar-refractivity contribution < 1.29 is 4.79 Å². The van der Waals surface area contributed by atoms with Crippen molar-refractivity contribution in [3.8, 4) is 0 Å². The minimum Gasteiger partial charge on any atom is -0.377 e. The van der Waals surface area contributed by atoms with Crippen LogP contribution in [-0.4, -0.2) is 16.8 Å². The fourth-order valence-corrected chi connectivity index (χ4v) is 1.04. The molecule has 0 fully saturated rings. The van der Waals surface area contributed by atoms with Crippen molar-refractivity contribution in [2.45, 2.75) is 33.2 Å². The third-order valence-electron chi connectivity index (χ3n) is 0.859. The molecule has 0 unspecified atom stereocenters. The SMILES string of the molecule is CC(=O)CC(=S)NC(C)C. The molecule has 0 aromatic heterocycles. The summed E-state index contributed by atoms with van der Waals surface area (Å²) in [5, 5.41) is 2.98. The maximum atomic E-state index is 10.5. The molecule has 0 heterocycles. The van der Waals surface area contributed by atoms with E-state index in [-0.39, 0.29) is 5.78 Å². The van der Waals surface area contributed by atoms with Gasteiger partial charge in [0.25, 0.3) is 0 Å². The number of nitrogens with one attached hydrogen (secondary N) is 1. The Balaban J connectivity index is 3.54. The van der Waals surface area contributed by atoms with E-state index < -0.39 is 0 Å². The van der Waals surface area contributed by atoms with Gasteiger partial charge in [0.2, 0.25) is 0 Å². The lowest BCUT2D eigenvalue weighted by Crippen LogP contribution is -2.29. The number of hydrogen-bond acceptors (Lipinski definition) is 2. The zero-order chi connectivity index (χ0) is 8.15. The monoisotopic (exact) mass is 159 g/mol. The Morgan fingerprint density at radius 2 is 2.10 bits per heavy atom. The summed E-state index contributed by atoms with van der Waals surface area (Å²) in [6.45, 7) is 5.52. The summed E-state index contributed by atoms with van der Waals surface area (Å²) in [5.74, 6) is 0.109. The third-order valence-corrected chi connectivity index (χ3v) is 1.12. The fourth-order valence-electron chi connectivity index (χ4n) is 0.599. The molecule has 0 saturated carbocycles. The van der Waals surface area contributed by atoms with Crippen LogP contribution >= 0.6 is 12.2 Å². The number of carbonyl (C=O) groups is 1. The molecule has 1 N–H and O–H groups in total. The molecule has 58 valence electrons. The van der Waals surface area contributed by atoms with Gasteiger partial charge in [0.05, 0.1) is 11.4 Å². The molecule has 0 aliphatic heterocycles. The average Bonchev–Trinajstić information content (AvgIpc) is 1.58. The van der Waals surface area contributed by atoms with Crippen LogP contribution in [0.4, 0.5) is 0 Å². The van der Waals surface area contributed by atoms with Gasteiger partial charge in [0.1, 0.15) is 5.78 Å². The molecule has 0 aromatic carbocycles. The Morgan fingerprint density at radius 1 is 1.60 bits per heavy atom. The minimum atomic E-state index is 0.109. The van der Waals surface area contributed by atoms with Gasteiger partial charge in [0.15, 0.2) is 0 Å². The maximum Gasteiger partial charge on any atom is 0.136 e. The van der Waals surface area contributed by atoms with E-state index in [1.165, 1.54) is 6.92 Å². The van der Waals surface area contributed by atoms with E-state index in [4.69, 9.17) is 12.2 Å². The summed E-state index contributed by atoms with van der Waals surface area (Å²) in [6.07, 6.45) is 0.369. The molecule has 0 amide bonds. The van der Waals surface area contributed by atoms with Crippen LogP contribution in [0.2, 0.25) is 0 Å². The Hall–Kier alpha value is -0.440. The van der Waals surface area contributed by atoms with Gasteiger partial charge >= 0.3 is 0 Å². The molecule has 10 heavy (non-hydrogen) atoms. The molecule has 2 nitrogen and oxygen atoms in total. The Kier molecular flexibility index (Phi) is 4.19. The average molecular weight is 159 g/mol. The summed E-state index contributed by atoms with van der Waals surface area (Å²) in [6, 6.07) is 0.326. The lowest BCUT2D eigenvalue weighted by Gasteiger charge is -2.08. The van der Waals surface area contributed by atoms with Gasteiger partial charge in [-0.25, -0.2) is 0 Å². The first kappa shape index (κ1) is 9.56. The van der Waals surface area contributed by atoms with Crippen LogP contribution in [0.1, 0.15) is 27.2 Å². The molecule has 0 radical (unpaired) electrons. The quantitative estimate of drug-likeness (QED) is 0.629. The van der Waals surface area contributed by atoms with Gasteiger partial charge in [-0.1, -0.05) is 12.2 Å². The van der Waals surface area contributed by atoms with Gasteiger partial charge in [-0.05, 0) is 20.8 Å². The first-order valence-corrected chi connectivity index (χ1v) is 3.72. The fraction of sp³-hybridized carbons (Fsp3) is 0.714. The topological polar surface area (TPSA) is 29.1 Å².